The standard InChI is InChI=1S/C22H29N3O5S/c1-6-25(7-2)31(28,29)18-11-9-17(10-12-18)15(4)24-21(26)20-14-13-19(16(5)23-20)22(27)30-8-3/h9-15H,6-8H2,1-5H3,(H,24,26). The third-order valence-corrected chi connectivity index (χ3v) is 6.95. The lowest BCUT2D eigenvalue weighted by molar-refractivity contribution is 0.0524. The van der Waals surface area contributed by atoms with Gasteiger partial charge in [0.15, 0.2) is 0 Å². The van der Waals surface area contributed by atoms with Gasteiger partial charge in [-0.3, -0.25) is 4.79 Å². The molecule has 0 aliphatic heterocycles. The number of esters is 1. The minimum absolute atomic E-state index is 0.179. The highest BCUT2D eigenvalue weighted by molar-refractivity contribution is 7.89. The third-order valence-electron chi connectivity index (χ3n) is 4.88. The third kappa shape index (κ3) is 5.68. The summed E-state index contributed by atoms with van der Waals surface area (Å²) in [5.41, 5.74) is 1.66. The topological polar surface area (TPSA) is 106 Å². The minimum Gasteiger partial charge on any atom is -0.462 e. The van der Waals surface area contributed by atoms with Crippen molar-refractivity contribution in [3.8, 4) is 0 Å². The number of aromatic nitrogens is 1. The van der Waals surface area contributed by atoms with E-state index in [0.717, 1.165) is 5.56 Å². The van der Waals surface area contributed by atoms with E-state index in [1.54, 1.807) is 58.9 Å². The normalized spacial score (nSPS) is 12.5. The number of amides is 1. The minimum atomic E-state index is -3.53. The number of nitrogens with one attached hydrogen (secondary N) is 1. The number of hydrogen-bond acceptors (Lipinski definition) is 6. The van der Waals surface area contributed by atoms with Crippen molar-refractivity contribution in [2.45, 2.75) is 45.6 Å². The molecule has 1 aromatic heterocycles. The average molecular weight is 448 g/mol. The second-order valence-electron chi connectivity index (χ2n) is 6.90. The fourth-order valence-electron chi connectivity index (χ4n) is 3.11. The molecule has 1 unspecified atom stereocenters. The molecule has 1 amide bonds. The lowest BCUT2D eigenvalue weighted by Gasteiger charge is -2.19. The Morgan fingerprint density at radius 1 is 1.06 bits per heavy atom. The van der Waals surface area contributed by atoms with Crippen molar-refractivity contribution in [2.24, 2.45) is 0 Å². The van der Waals surface area contributed by atoms with Gasteiger partial charge < -0.3 is 10.1 Å². The monoisotopic (exact) mass is 447 g/mol. The quantitative estimate of drug-likeness (QED) is 0.592. The Bertz CT molecular complexity index is 1030. The number of pyridine rings is 1. The van der Waals surface area contributed by atoms with Crippen LogP contribution in [0.15, 0.2) is 41.3 Å². The summed E-state index contributed by atoms with van der Waals surface area (Å²) in [5.74, 6) is -0.876. The van der Waals surface area contributed by atoms with E-state index in [-0.39, 0.29) is 23.2 Å². The maximum absolute atomic E-state index is 12.6. The summed E-state index contributed by atoms with van der Waals surface area (Å²) in [6.07, 6.45) is 0. The molecule has 1 atom stereocenters. The van der Waals surface area contributed by atoms with E-state index in [4.69, 9.17) is 4.74 Å². The smallest absolute Gasteiger partial charge is 0.339 e. The number of hydrogen-bond donors (Lipinski definition) is 1. The van der Waals surface area contributed by atoms with E-state index < -0.39 is 21.9 Å². The van der Waals surface area contributed by atoms with Gasteiger partial charge in [-0.1, -0.05) is 26.0 Å². The number of ether oxygens (including phenoxy) is 1. The number of carbonyl (C=O) groups excluding carboxylic acids is 2. The zero-order valence-corrected chi connectivity index (χ0v) is 19.3. The number of aryl methyl sites for hydroxylation is 1. The van der Waals surface area contributed by atoms with Crippen molar-refractivity contribution < 1.29 is 22.7 Å². The van der Waals surface area contributed by atoms with Crippen LogP contribution in [0.4, 0.5) is 0 Å². The summed E-state index contributed by atoms with van der Waals surface area (Å²) in [5, 5.41) is 2.84. The van der Waals surface area contributed by atoms with Crippen molar-refractivity contribution in [1.29, 1.82) is 0 Å². The van der Waals surface area contributed by atoms with Crippen LogP contribution in [0.3, 0.4) is 0 Å². The Balaban J connectivity index is 2.13. The maximum Gasteiger partial charge on any atom is 0.339 e. The second-order valence-corrected chi connectivity index (χ2v) is 8.84. The lowest BCUT2D eigenvalue weighted by atomic mass is 10.1. The summed E-state index contributed by atoms with van der Waals surface area (Å²) in [6.45, 7) is 9.79. The van der Waals surface area contributed by atoms with Crippen LogP contribution in [0.1, 0.15) is 65.8 Å². The molecule has 0 aliphatic carbocycles. The van der Waals surface area contributed by atoms with Gasteiger partial charge in [0.2, 0.25) is 10.0 Å². The van der Waals surface area contributed by atoms with Gasteiger partial charge in [-0.15, -0.1) is 0 Å². The highest BCUT2D eigenvalue weighted by Gasteiger charge is 2.22. The van der Waals surface area contributed by atoms with Gasteiger partial charge in [0, 0.05) is 13.1 Å². The highest BCUT2D eigenvalue weighted by atomic mass is 32.2. The molecule has 2 aromatic rings. The molecule has 31 heavy (non-hydrogen) atoms. The van der Waals surface area contributed by atoms with E-state index >= 15 is 0 Å². The van der Waals surface area contributed by atoms with Crippen molar-refractivity contribution >= 4 is 21.9 Å². The van der Waals surface area contributed by atoms with E-state index in [9.17, 15) is 18.0 Å². The van der Waals surface area contributed by atoms with E-state index in [2.05, 4.69) is 10.3 Å². The zero-order valence-electron chi connectivity index (χ0n) is 18.5. The van der Waals surface area contributed by atoms with Crippen molar-refractivity contribution in [2.75, 3.05) is 19.7 Å². The molecule has 8 nitrogen and oxygen atoms in total. The average Bonchev–Trinajstić information content (AvgIpc) is 2.74. The molecule has 168 valence electrons. The highest BCUT2D eigenvalue weighted by Crippen LogP contribution is 2.20. The van der Waals surface area contributed by atoms with Crippen LogP contribution in [0.25, 0.3) is 0 Å². The van der Waals surface area contributed by atoms with Crippen LogP contribution in [0.5, 0.6) is 0 Å². The molecule has 1 N–H and O–H groups in total. The predicted octanol–water partition coefficient (Wildman–Crippen LogP) is 3.09. The number of benzene rings is 1. The fraction of sp³-hybridized carbons (Fsp3) is 0.409. The Morgan fingerprint density at radius 3 is 2.19 bits per heavy atom. The zero-order chi connectivity index (χ0) is 23.2. The van der Waals surface area contributed by atoms with Gasteiger partial charge in [0.1, 0.15) is 5.69 Å². The Kier molecular flexibility index (Phi) is 8.29. The van der Waals surface area contributed by atoms with Gasteiger partial charge >= 0.3 is 5.97 Å². The van der Waals surface area contributed by atoms with Crippen LogP contribution < -0.4 is 5.32 Å². The van der Waals surface area contributed by atoms with Gasteiger partial charge in [-0.05, 0) is 50.6 Å². The first-order valence-electron chi connectivity index (χ1n) is 10.2. The maximum atomic E-state index is 12.6. The summed E-state index contributed by atoms with van der Waals surface area (Å²) >= 11 is 0. The molecule has 0 spiro atoms. The molecule has 0 bridgehead atoms. The summed E-state index contributed by atoms with van der Waals surface area (Å²) in [7, 11) is -3.53. The Labute approximate surface area is 183 Å². The molecular weight excluding hydrogens is 418 g/mol. The Morgan fingerprint density at radius 2 is 1.68 bits per heavy atom. The van der Waals surface area contributed by atoms with Gasteiger partial charge in [-0.25, -0.2) is 18.2 Å². The molecular formula is C22H29N3O5S. The number of sulfonamides is 1. The molecule has 9 heteroatoms. The van der Waals surface area contributed by atoms with Crippen LogP contribution in [-0.4, -0.2) is 49.3 Å². The first kappa shape index (κ1) is 24.5. The van der Waals surface area contributed by atoms with Crippen LogP contribution >= 0.6 is 0 Å². The summed E-state index contributed by atoms with van der Waals surface area (Å²) in [6, 6.07) is 9.08. The van der Waals surface area contributed by atoms with E-state index in [0.29, 0.717) is 24.3 Å². The molecule has 0 radical (unpaired) electrons. The fourth-order valence-corrected chi connectivity index (χ4v) is 4.57. The molecule has 2 rings (SSSR count). The molecule has 1 aromatic carbocycles. The van der Waals surface area contributed by atoms with Crippen LogP contribution in [-0.2, 0) is 14.8 Å². The lowest BCUT2D eigenvalue weighted by Crippen LogP contribution is -2.30. The van der Waals surface area contributed by atoms with Gasteiger partial charge in [-0.2, -0.15) is 4.31 Å². The number of carbonyl (C=O) groups is 2. The van der Waals surface area contributed by atoms with Crippen LogP contribution in [0.2, 0.25) is 0 Å². The predicted molar refractivity (Wildman–Crippen MR) is 117 cm³/mol. The molecule has 0 aliphatic rings. The Hall–Kier alpha value is -2.78. The number of nitrogens with zero attached hydrogens (tertiary/aromatic N) is 2. The SMILES string of the molecule is CCOC(=O)c1ccc(C(=O)NC(C)c2ccc(S(=O)(=O)N(CC)CC)cc2)nc1C. The van der Waals surface area contributed by atoms with E-state index in [1.165, 1.54) is 16.4 Å². The summed E-state index contributed by atoms with van der Waals surface area (Å²) in [4.78, 5) is 28.9. The number of rotatable bonds is 9. The van der Waals surface area contributed by atoms with Crippen molar-refractivity contribution in [1.82, 2.24) is 14.6 Å². The van der Waals surface area contributed by atoms with Gasteiger partial charge in [0.05, 0.1) is 28.8 Å². The van der Waals surface area contributed by atoms with E-state index in [1.807, 2.05) is 0 Å². The van der Waals surface area contributed by atoms with Crippen molar-refractivity contribution in [3.05, 3.63) is 58.9 Å². The second kappa shape index (κ2) is 10.5. The van der Waals surface area contributed by atoms with Crippen molar-refractivity contribution in [3.63, 3.8) is 0 Å². The largest absolute Gasteiger partial charge is 0.462 e. The molecule has 0 saturated carbocycles. The van der Waals surface area contributed by atoms with Crippen LogP contribution in [0, 0.1) is 6.92 Å². The molecule has 0 saturated heterocycles. The first-order valence-corrected chi connectivity index (χ1v) is 11.6. The summed E-state index contributed by atoms with van der Waals surface area (Å²) < 4.78 is 31.6. The molecule has 1 heterocycles. The first-order chi connectivity index (χ1) is 14.6. The van der Waals surface area contributed by atoms with Gasteiger partial charge in [0.25, 0.3) is 5.91 Å². The molecule has 0 fully saturated rings.